The van der Waals surface area contributed by atoms with Gasteiger partial charge in [0.2, 0.25) is 5.16 Å². The molecule has 0 radical (unpaired) electrons. The second-order valence-electron chi connectivity index (χ2n) is 7.58. The van der Waals surface area contributed by atoms with E-state index in [9.17, 15) is 5.11 Å². The SMILES string of the molecule is Cn1c(SSC(C)(C)CC(C)(C)C)nnc1-c1ccc(O)cc1. The van der Waals surface area contributed by atoms with Crippen molar-refractivity contribution in [1.82, 2.24) is 14.8 Å². The molecule has 2 rings (SSSR count). The molecule has 0 aliphatic heterocycles. The van der Waals surface area contributed by atoms with Gasteiger partial charge in [0.15, 0.2) is 5.82 Å². The van der Waals surface area contributed by atoms with Gasteiger partial charge < -0.3 is 9.67 Å². The summed E-state index contributed by atoms with van der Waals surface area (Å²) < 4.78 is 2.16. The summed E-state index contributed by atoms with van der Waals surface area (Å²) in [7, 11) is 5.48. The number of phenolic OH excluding ortho intramolecular Hbond substituents is 1. The lowest BCUT2D eigenvalue weighted by molar-refractivity contribution is 0.340. The summed E-state index contributed by atoms with van der Waals surface area (Å²) in [5, 5.41) is 18.9. The predicted molar refractivity (Wildman–Crippen MR) is 99.7 cm³/mol. The quantitative estimate of drug-likeness (QED) is 0.756. The molecule has 1 aromatic carbocycles. The minimum absolute atomic E-state index is 0.160. The molecule has 6 heteroatoms. The molecule has 1 heterocycles. The van der Waals surface area contributed by atoms with Crippen molar-refractivity contribution in [3.05, 3.63) is 24.3 Å². The van der Waals surface area contributed by atoms with E-state index in [1.165, 1.54) is 0 Å². The summed E-state index contributed by atoms with van der Waals surface area (Å²) in [6, 6.07) is 7.03. The largest absolute Gasteiger partial charge is 0.508 e. The van der Waals surface area contributed by atoms with Gasteiger partial charge in [0.25, 0.3) is 0 Å². The van der Waals surface area contributed by atoms with Gasteiger partial charge in [-0.3, -0.25) is 0 Å². The van der Waals surface area contributed by atoms with Gasteiger partial charge in [-0.05, 0) is 60.7 Å². The van der Waals surface area contributed by atoms with Crippen molar-refractivity contribution in [3.63, 3.8) is 0 Å². The third-order valence-electron chi connectivity index (χ3n) is 3.26. The van der Waals surface area contributed by atoms with Gasteiger partial charge >= 0.3 is 0 Å². The Bertz CT molecular complexity index is 657. The maximum Gasteiger partial charge on any atom is 0.201 e. The Balaban J connectivity index is 2.09. The summed E-state index contributed by atoms with van der Waals surface area (Å²) in [5.74, 6) is 1.06. The Labute approximate surface area is 146 Å². The number of rotatable bonds is 5. The van der Waals surface area contributed by atoms with E-state index >= 15 is 0 Å². The first kappa shape index (κ1) is 18.2. The van der Waals surface area contributed by atoms with Crippen LogP contribution in [0.4, 0.5) is 0 Å². The summed E-state index contributed by atoms with van der Waals surface area (Å²) in [5.41, 5.74) is 1.25. The first-order chi connectivity index (χ1) is 10.6. The van der Waals surface area contributed by atoms with E-state index in [1.807, 2.05) is 34.5 Å². The molecule has 0 unspecified atom stereocenters. The van der Waals surface area contributed by atoms with E-state index in [0.29, 0.717) is 5.41 Å². The highest BCUT2D eigenvalue weighted by molar-refractivity contribution is 8.77. The van der Waals surface area contributed by atoms with Crippen molar-refractivity contribution in [3.8, 4) is 17.1 Å². The Morgan fingerprint density at radius 2 is 1.65 bits per heavy atom. The molecule has 1 aromatic heterocycles. The number of aromatic hydroxyl groups is 1. The first-order valence-corrected chi connectivity index (χ1v) is 9.77. The highest BCUT2D eigenvalue weighted by atomic mass is 33.1. The van der Waals surface area contributed by atoms with Crippen molar-refractivity contribution in [2.75, 3.05) is 0 Å². The van der Waals surface area contributed by atoms with E-state index < -0.39 is 0 Å². The molecule has 0 saturated heterocycles. The van der Waals surface area contributed by atoms with Crippen molar-refractivity contribution < 1.29 is 5.11 Å². The van der Waals surface area contributed by atoms with Crippen molar-refractivity contribution >= 4 is 21.6 Å². The lowest BCUT2D eigenvalue weighted by atomic mass is 9.86. The van der Waals surface area contributed by atoms with Gasteiger partial charge in [0.1, 0.15) is 5.75 Å². The molecule has 0 amide bonds. The molecule has 0 fully saturated rings. The molecule has 126 valence electrons. The third-order valence-corrected chi connectivity index (χ3v) is 6.49. The molecule has 0 spiro atoms. The number of hydrogen-bond acceptors (Lipinski definition) is 5. The molecule has 0 atom stereocenters. The lowest BCUT2D eigenvalue weighted by Crippen LogP contribution is -2.22. The van der Waals surface area contributed by atoms with Gasteiger partial charge in [-0.25, -0.2) is 0 Å². The van der Waals surface area contributed by atoms with Crippen LogP contribution in [0.15, 0.2) is 29.4 Å². The fraction of sp³-hybridized carbons (Fsp3) is 0.529. The topological polar surface area (TPSA) is 50.9 Å². The van der Waals surface area contributed by atoms with Crippen LogP contribution in [0.1, 0.15) is 41.0 Å². The minimum Gasteiger partial charge on any atom is -0.508 e. The zero-order valence-electron chi connectivity index (χ0n) is 14.6. The maximum atomic E-state index is 9.39. The molecule has 0 aliphatic carbocycles. The Hall–Kier alpha value is -1.14. The van der Waals surface area contributed by atoms with Crippen LogP contribution in [0.25, 0.3) is 11.4 Å². The Morgan fingerprint density at radius 1 is 1.04 bits per heavy atom. The Kier molecular flexibility index (Phi) is 5.36. The van der Waals surface area contributed by atoms with Crippen molar-refractivity contribution in [1.29, 1.82) is 0 Å². The van der Waals surface area contributed by atoms with Gasteiger partial charge in [-0.2, -0.15) is 0 Å². The summed E-state index contributed by atoms with van der Waals surface area (Å²) in [4.78, 5) is 0. The van der Waals surface area contributed by atoms with Crippen LogP contribution < -0.4 is 0 Å². The second-order valence-corrected chi connectivity index (χ2v) is 10.4. The number of phenols is 1. The van der Waals surface area contributed by atoms with Crippen molar-refractivity contribution in [2.24, 2.45) is 12.5 Å². The minimum atomic E-state index is 0.160. The first-order valence-electron chi connectivity index (χ1n) is 7.62. The van der Waals surface area contributed by atoms with E-state index in [1.54, 1.807) is 22.9 Å². The number of aromatic nitrogens is 3. The summed E-state index contributed by atoms with van der Waals surface area (Å²) in [6.07, 6.45) is 1.13. The van der Waals surface area contributed by atoms with Crippen LogP contribution >= 0.6 is 21.6 Å². The van der Waals surface area contributed by atoms with E-state index in [2.05, 4.69) is 44.8 Å². The van der Waals surface area contributed by atoms with Crippen LogP contribution in [-0.2, 0) is 7.05 Å². The monoisotopic (exact) mass is 351 g/mol. The maximum absolute atomic E-state index is 9.39. The molecule has 0 bridgehead atoms. The predicted octanol–water partition coefficient (Wildman–Crippen LogP) is 5.14. The third kappa shape index (κ3) is 5.18. The van der Waals surface area contributed by atoms with Crippen LogP contribution in [0, 0.1) is 5.41 Å². The molecular weight excluding hydrogens is 326 g/mol. The number of hydrogen-bond donors (Lipinski definition) is 1. The van der Waals surface area contributed by atoms with E-state index in [4.69, 9.17) is 0 Å². The highest BCUT2D eigenvalue weighted by Crippen LogP contribution is 2.45. The number of benzene rings is 1. The average Bonchev–Trinajstić information content (AvgIpc) is 2.76. The van der Waals surface area contributed by atoms with Crippen LogP contribution in [0.3, 0.4) is 0 Å². The second kappa shape index (κ2) is 6.77. The number of nitrogens with zero attached hydrogens (tertiary/aromatic N) is 3. The Morgan fingerprint density at radius 3 is 2.22 bits per heavy atom. The van der Waals surface area contributed by atoms with E-state index in [0.717, 1.165) is 23.0 Å². The van der Waals surface area contributed by atoms with Gasteiger partial charge in [0.05, 0.1) is 0 Å². The fourth-order valence-electron chi connectivity index (χ4n) is 2.71. The van der Waals surface area contributed by atoms with Gasteiger partial charge in [0, 0.05) is 17.4 Å². The molecule has 4 nitrogen and oxygen atoms in total. The van der Waals surface area contributed by atoms with Crippen LogP contribution in [0.2, 0.25) is 0 Å². The smallest absolute Gasteiger partial charge is 0.201 e. The molecule has 23 heavy (non-hydrogen) atoms. The molecular formula is C17H25N3OS2. The van der Waals surface area contributed by atoms with Crippen LogP contribution in [0.5, 0.6) is 5.75 Å². The standard InChI is InChI=1S/C17H25N3OS2/c1-16(2,3)11-17(4,5)23-22-15-19-18-14(20(15)6)12-7-9-13(21)10-8-12/h7-10,21H,11H2,1-6H3. The van der Waals surface area contributed by atoms with Crippen molar-refractivity contribution in [2.45, 2.75) is 50.9 Å². The van der Waals surface area contributed by atoms with E-state index in [-0.39, 0.29) is 10.5 Å². The zero-order chi connectivity index (χ0) is 17.3. The zero-order valence-corrected chi connectivity index (χ0v) is 16.3. The summed E-state index contributed by atoms with van der Waals surface area (Å²) in [6.45, 7) is 11.3. The molecule has 0 aliphatic rings. The molecule has 1 N–H and O–H groups in total. The average molecular weight is 352 g/mol. The van der Waals surface area contributed by atoms with Gasteiger partial charge in [-0.1, -0.05) is 31.6 Å². The lowest BCUT2D eigenvalue weighted by Gasteiger charge is -2.31. The highest BCUT2D eigenvalue weighted by Gasteiger charge is 2.27. The fourth-order valence-corrected chi connectivity index (χ4v) is 5.28. The normalized spacial score (nSPS) is 12.6. The molecule has 0 saturated carbocycles. The summed E-state index contributed by atoms with van der Waals surface area (Å²) >= 11 is 0. The van der Waals surface area contributed by atoms with Gasteiger partial charge in [-0.15, -0.1) is 10.2 Å². The molecule has 2 aromatic rings. The van der Waals surface area contributed by atoms with Crippen LogP contribution in [-0.4, -0.2) is 24.6 Å².